The monoisotopic (exact) mass is 317 g/mol. The van der Waals surface area contributed by atoms with Crippen LogP contribution in [-0.2, 0) is 20.9 Å². The Labute approximate surface area is 134 Å². The highest BCUT2D eigenvalue weighted by molar-refractivity contribution is 6.39. The normalized spacial score (nSPS) is 15.8. The van der Waals surface area contributed by atoms with E-state index in [1.807, 2.05) is 30.3 Å². The van der Waals surface area contributed by atoms with E-state index in [0.717, 1.165) is 5.56 Å². The summed E-state index contributed by atoms with van der Waals surface area (Å²) in [5.41, 5.74) is 1.17. The molecule has 0 aromatic heterocycles. The number of aliphatic carboxylic acids is 1. The summed E-state index contributed by atoms with van der Waals surface area (Å²) in [5.74, 6) is -1.54. The second-order valence-electron chi connectivity index (χ2n) is 5.46. The Kier molecular flexibility index (Phi) is 5.46. The average Bonchev–Trinajstić information content (AvgIpc) is 2.49. The standard InChI is InChI=1S/C16H19N3O4/c1-11(9-15(21)22)17-16(23)13-7-8-14(20)19(18-13)10-12-5-3-2-4-6-12/h2-6,11H,7-10H2,1H3,(H,17,23)(H,21,22). The lowest BCUT2D eigenvalue weighted by Gasteiger charge is -2.23. The van der Waals surface area contributed by atoms with E-state index in [2.05, 4.69) is 10.4 Å². The smallest absolute Gasteiger partial charge is 0.305 e. The van der Waals surface area contributed by atoms with E-state index in [4.69, 9.17) is 5.11 Å². The van der Waals surface area contributed by atoms with Crippen LogP contribution in [0.1, 0.15) is 31.7 Å². The SMILES string of the molecule is CC(CC(=O)O)NC(=O)C1=NN(Cc2ccccc2)C(=O)CC1. The van der Waals surface area contributed by atoms with Crippen molar-refractivity contribution in [3.05, 3.63) is 35.9 Å². The number of carbonyl (C=O) groups is 3. The zero-order valence-corrected chi connectivity index (χ0v) is 12.9. The number of benzene rings is 1. The maximum Gasteiger partial charge on any atom is 0.305 e. The first-order valence-corrected chi connectivity index (χ1v) is 7.40. The first-order valence-electron chi connectivity index (χ1n) is 7.40. The number of hydrazone groups is 1. The second-order valence-corrected chi connectivity index (χ2v) is 5.46. The molecule has 0 bridgehead atoms. The van der Waals surface area contributed by atoms with Crippen molar-refractivity contribution >= 4 is 23.5 Å². The molecule has 1 aromatic carbocycles. The van der Waals surface area contributed by atoms with Crippen molar-refractivity contribution in [1.82, 2.24) is 10.3 Å². The zero-order valence-electron chi connectivity index (χ0n) is 12.9. The fourth-order valence-electron chi connectivity index (χ4n) is 2.26. The molecule has 1 aliphatic heterocycles. The minimum absolute atomic E-state index is 0.135. The Bertz CT molecular complexity index is 627. The summed E-state index contributed by atoms with van der Waals surface area (Å²) in [6.45, 7) is 1.92. The van der Waals surface area contributed by atoms with Crippen LogP contribution in [0, 0.1) is 0 Å². The molecule has 1 heterocycles. The molecule has 1 aliphatic rings. The topological polar surface area (TPSA) is 99.1 Å². The molecule has 122 valence electrons. The number of carboxylic acid groups (broad SMARTS) is 1. The van der Waals surface area contributed by atoms with Crippen molar-refractivity contribution in [2.24, 2.45) is 5.10 Å². The van der Waals surface area contributed by atoms with E-state index in [1.54, 1.807) is 6.92 Å². The molecule has 7 nitrogen and oxygen atoms in total. The lowest BCUT2D eigenvalue weighted by atomic mass is 10.1. The molecule has 7 heteroatoms. The fourth-order valence-corrected chi connectivity index (χ4v) is 2.26. The van der Waals surface area contributed by atoms with Crippen molar-refractivity contribution in [3.63, 3.8) is 0 Å². The lowest BCUT2D eigenvalue weighted by Crippen LogP contribution is -2.42. The van der Waals surface area contributed by atoms with Gasteiger partial charge in [0.15, 0.2) is 0 Å². The van der Waals surface area contributed by atoms with Crippen LogP contribution in [0.25, 0.3) is 0 Å². The molecule has 0 spiro atoms. The lowest BCUT2D eigenvalue weighted by molar-refractivity contribution is -0.137. The Hall–Kier alpha value is -2.70. The quantitative estimate of drug-likeness (QED) is 0.822. The molecule has 0 saturated carbocycles. The summed E-state index contributed by atoms with van der Waals surface area (Å²) in [4.78, 5) is 34.7. The van der Waals surface area contributed by atoms with Gasteiger partial charge in [-0.1, -0.05) is 30.3 Å². The van der Waals surface area contributed by atoms with Crippen LogP contribution in [0.4, 0.5) is 0 Å². The molecule has 0 radical (unpaired) electrons. The average molecular weight is 317 g/mol. The summed E-state index contributed by atoms with van der Waals surface area (Å²) in [5, 5.41) is 16.7. The number of rotatable bonds is 6. The van der Waals surface area contributed by atoms with Crippen LogP contribution in [0.15, 0.2) is 35.4 Å². The van der Waals surface area contributed by atoms with Crippen molar-refractivity contribution < 1.29 is 19.5 Å². The molecule has 0 fully saturated rings. The van der Waals surface area contributed by atoms with Crippen LogP contribution < -0.4 is 5.32 Å². The van der Waals surface area contributed by atoms with Gasteiger partial charge in [0.25, 0.3) is 5.91 Å². The van der Waals surface area contributed by atoms with Gasteiger partial charge in [0.1, 0.15) is 5.71 Å². The summed E-state index contributed by atoms with van der Waals surface area (Å²) < 4.78 is 0. The number of hydrogen-bond donors (Lipinski definition) is 2. The minimum atomic E-state index is -0.982. The molecule has 2 rings (SSSR count). The summed E-state index contributed by atoms with van der Waals surface area (Å²) >= 11 is 0. The van der Waals surface area contributed by atoms with E-state index < -0.39 is 17.9 Å². The van der Waals surface area contributed by atoms with Gasteiger partial charge in [-0.2, -0.15) is 5.10 Å². The third-order valence-electron chi connectivity index (χ3n) is 3.40. The van der Waals surface area contributed by atoms with E-state index in [1.165, 1.54) is 5.01 Å². The van der Waals surface area contributed by atoms with Crippen LogP contribution in [0.3, 0.4) is 0 Å². The fraction of sp³-hybridized carbons (Fsp3) is 0.375. The summed E-state index contributed by atoms with van der Waals surface area (Å²) in [6, 6.07) is 8.89. The second kappa shape index (κ2) is 7.53. The number of carboxylic acids is 1. The molecule has 2 N–H and O–H groups in total. The highest BCUT2D eigenvalue weighted by atomic mass is 16.4. The molecular formula is C16H19N3O4. The highest BCUT2D eigenvalue weighted by Crippen LogP contribution is 2.13. The molecule has 1 unspecified atom stereocenters. The molecular weight excluding hydrogens is 298 g/mol. The molecule has 0 saturated heterocycles. The van der Waals surface area contributed by atoms with Crippen LogP contribution >= 0.6 is 0 Å². The van der Waals surface area contributed by atoms with Crippen LogP contribution in [0.5, 0.6) is 0 Å². The first-order chi connectivity index (χ1) is 11.0. The third-order valence-corrected chi connectivity index (χ3v) is 3.40. The number of hydrogen-bond acceptors (Lipinski definition) is 4. The molecule has 2 amide bonds. The molecule has 1 aromatic rings. The third kappa shape index (κ3) is 4.91. The van der Waals surface area contributed by atoms with Gasteiger partial charge in [0.05, 0.1) is 13.0 Å². The van der Waals surface area contributed by atoms with Gasteiger partial charge in [0, 0.05) is 18.9 Å². The number of nitrogens with zero attached hydrogens (tertiary/aromatic N) is 2. The Balaban J connectivity index is 2.03. The van der Waals surface area contributed by atoms with Gasteiger partial charge >= 0.3 is 5.97 Å². The first kappa shape index (κ1) is 16.7. The van der Waals surface area contributed by atoms with Crippen molar-refractivity contribution in [1.29, 1.82) is 0 Å². The predicted molar refractivity (Wildman–Crippen MR) is 83.5 cm³/mol. The Morgan fingerprint density at radius 3 is 2.65 bits per heavy atom. The molecule has 0 aliphatic carbocycles. The van der Waals surface area contributed by atoms with Crippen LogP contribution in [-0.4, -0.2) is 39.7 Å². The highest BCUT2D eigenvalue weighted by Gasteiger charge is 2.25. The van der Waals surface area contributed by atoms with Gasteiger partial charge in [-0.05, 0) is 12.5 Å². The van der Waals surface area contributed by atoms with E-state index in [-0.39, 0.29) is 30.9 Å². The van der Waals surface area contributed by atoms with Gasteiger partial charge in [-0.3, -0.25) is 14.4 Å². The molecule has 23 heavy (non-hydrogen) atoms. The van der Waals surface area contributed by atoms with Crippen molar-refractivity contribution in [3.8, 4) is 0 Å². The van der Waals surface area contributed by atoms with Crippen LogP contribution in [0.2, 0.25) is 0 Å². The number of amides is 2. The molecule has 1 atom stereocenters. The summed E-state index contributed by atoms with van der Waals surface area (Å²) in [6.07, 6.45) is 0.313. The zero-order chi connectivity index (χ0) is 16.8. The van der Waals surface area contributed by atoms with E-state index in [0.29, 0.717) is 6.54 Å². The minimum Gasteiger partial charge on any atom is -0.481 e. The Morgan fingerprint density at radius 1 is 1.30 bits per heavy atom. The maximum absolute atomic E-state index is 12.1. The number of carbonyl (C=O) groups excluding carboxylic acids is 2. The van der Waals surface area contributed by atoms with Gasteiger partial charge in [-0.25, -0.2) is 5.01 Å². The van der Waals surface area contributed by atoms with Gasteiger partial charge in [-0.15, -0.1) is 0 Å². The summed E-state index contributed by atoms with van der Waals surface area (Å²) in [7, 11) is 0. The van der Waals surface area contributed by atoms with Crippen molar-refractivity contribution in [2.45, 2.75) is 38.8 Å². The Morgan fingerprint density at radius 2 is 2.00 bits per heavy atom. The predicted octanol–water partition coefficient (Wildman–Crippen LogP) is 1.14. The number of nitrogens with one attached hydrogen (secondary N) is 1. The maximum atomic E-state index is 12.1. The largest absolute Gasteiger partial charge is 0.481 e. The van der Waals surface area contributed by atoms with Gasteiger partial charge in [0.2, 0.25) is 5.91 Å². The van der Waals surface area contributed by atoms with E-state index >= 15 is 0 Å². The van der Waals surface area contributed by atoms with E-state index in [9.17, 15) is 14.4 Å². The van der Waals surface area contributed by atoms with Gasteiger partial charge < -0.3 is 10.4 Å². The van der Waals surface area contributed by atoms with Crippen molar-refractivity contribution in [2.75, 3.05) is 0 Å².